The van der Waals surface area contributed by atoms with E-state index in [1.54, 1.807) is 18.5 Å². The lowest BCUT2D eigenvalue weighted by Gasteiger charge is -2.12. The average molecular weight is 268 g/mol. The van der Waals surface area contributed by atoms with Gasteiger partial charge in [-0.2, -0.15) is 13.2 Å². The molecular formula is C14H15F3N2. The molecule has 1 aromatic carbocycles. The van der Waals surface area contributed by atoms with Gasteiger partial charge in [-0.3, -0.25) is 0 Å². The van der Waals surface area contributed by atoms with E-state index in [1.165, 1.54) is 12.1 Å². The molecule has 0 atom stereocenters. The Kier molecular flexibility index (Phi) is 3.64. The Bertz CT molecular complexity index is 556. The van der Waals surface area contributed by atoms with Gasteiger partial charge in [0.05, 0.1) is 5.56 Å². The number of imidazole rings is 1. The molecule has 102 valence electrons. The van der Waals surface area contributed by atoms with Crippen molar-refractivity contribution in [3.05, 3.63) is 53.6 Å². The molecule has 0 amide bonds. The average Bonchev–Trinajstić information content (AvgIpc) is 2.76. The number of halogens is 3. The van der Waals surface area contributed by atoms with Gasteiger partial charge in [-0.1, -0.05) is 26.0 Å². The van der Waals surface area contributed by atoms with Crippen LogP contribution in [0.25, 0.3) is 0 Å². The quantitative estimate of drug-likeness (QED) is 0.820. The molecule has 0 radical (unpaired) electrons. The fraction of sp³-hybridized carbons (Fsp3) is 0.357. The number of rotatable bonds is 3. The van der Waals surface area contributed by atoms with Crippen molar-refractivity contribution in [3.63, 3.8) is 0 Å². The Morgan fingerprint density at radius 2 is 2.00 bits per heavy atom. The molecule has 0 aliphatic heterocycles. The molecule has 0 bridgehead atoms. The zero-order valence-electron chi connectivity index (χ0n) is 10.8. The van der Waals surface area contributed by atoms with E-state index in [9.17, 15) is 13.2 Å². The first-order valence-corrected chi connectivity index (χ1v) is 6.05. The minimum absolute atomic E-state index is 0.237. The standard InChI is InChI=1S/C14H15F3N2/c1-10(2)13-18-6-7-19(13)9-11-4-3-5-12(8-11)14(15,16)17/h3-8,10H,9H2,1-2H3. The molecule has 1 heterocycles. The lowest BCUT2D eigenvalue weighted by Crippen LogP contribution is -2.08. The molecule has 0 N–H and O–H groups in total. The minimum atomic E-state index is -4.30. The monoisotopic (exact) mass is 268 g/mol. The number of alkyl halides is 3. The summed E-state index contributed by atoms with van der Waals surface area (Å²) in [5, 5.41) is 0. The summed E-state index contributed by atoms with van der Waals surface area (Å²) in [6.45, 7) is 4.41. The van der Waals surface area contributed by atoms with Crippen LogP contribution >= 0.6 is 0 Å². The second-order valence-electron chi connectivity index (χ2n) is 4.77. The van der Waals surface area contributed by atoms with Gasteiger partial charge in [0.2, 0.25) is 0 Å². The smallest absolute Gasteiger partial charge is 0.330 e. The van der Waals surface area contributed by atoms with Gasteiger partial charge in [0, 0.05) is 24.9 Å². The number of aromatic nitrogens is 2. The second kappa shape index (κ2) is 5.07. The van der Waals surface area contributed by atoms with Crippen molar-refractivity contribution < 1.29 is 13.2 Å². The lowest BCUT2D eigenvalue weighted by atomic mass is 10.1. The second-order valence-corrected chi connectivity index (χ2v) is 4.77. The maximum atomic E-state index is 12.6. The summed E-state index contributed by atoms with van der Waals surface area (Å²) in [7, 11) is 0. The Morgan fingerprint density at radius 1 is 1.26 bits per heavy atom. The Hall–Kier alpha value is -1.78. The van der Waals surface area contributed by atoms with Crippen LogP contribution in [0.1, 0.15) is 36.7 Å². The summed E-state index contributed by atoms with van der Waals surface area (Å²) >= 11 is 0. The minimum Gasteiger partial charge on any atom is -0.330 e. The maximum Gasteiger partial charge on any atom is 0.416 e. The van der Waals surface area contributed by atoms with Crippen LogP contribution in [0.2, 0.25) is 0 Å². The van der Waals surface area contributed by atoms with E-state index >= 15 is 0 Å². The van der Waals surface area contributed by atoms with Crippen molar-refractivity contribution in [2.75, 3.05) is 0 Å². The zero-order chi connectivity index (χ0) is 14.0. The van der Waals surface area contributed by atoms with E-state index in [4.69, 9.17) is 0 Å². The van der Waals surface area contributed by atoms with Gasteiger partial charge in [-0.25, -0.2) is 4.98 Å². The van der Waals surface area contributed by atoms with Crippen LogP contribution in [0, 0.1) is 0 Å². The van der Waals surface area contributed by atoms with Crippen molar-refractivity contribution in [2.24, 2.45) is 0 Å². The molecule has 0 saturated carbocycles. The molecule has 0 unspecified atom stereocenters. The first-order valence-electron chi connectivity index (χ1n) is 6.05. The predicted molar refractivity (Wildman–Crippen MR) is 66.9 cm³/mol. The number of nitrogens with zero attached hydrogens (tertiary/aromatic N) is 2. The van der Waals surface area contributed by atoms with Crippen molar-refractivity contribution in [3.8, 4) is 0 Å². The van der Waals surface area contributed by atoms with Gasteiger partial charge in [-0.15, -0.1) is 0 Å². The van der Waals surface area contributed by atoms with E-state index in [2.05, 4.69) is 4.98 Å². The molecule has 0 saturated heterocycles. The predicted octanol–water partition coefficient (Wildman–Crippen LogP) is 4.07. The first-order chi connectivity index (χ1) is 8.88. The van der Waals surface area contributed by atoms with Crippen LogP contribution in [-0.4, -0.2) is 9.55 Å². The summed E-state index contributed by atoms with van der Waals surface area (Å²) < 4.78 is 39.8. The fourth-order valence-corrected chi connectivity index (χ4v) is 2.00. The van der Waals surface area contributed by atoms with Crippen LogP contribution < -0.4 is 0 Å². The molecule has 0 aliphatic carbocycles. The molecule has 2 rings (SSSR count). The van der Waals surface area contributed by atoms with E-state index in [0.717, 1.165) is 11.9 Å². The van der Waals surface area contributed by atoms with Crippen LogP contribution in [0.5, 0.6) is 0 Å². The maximum absolute atomic E-state index is 12.6. The molecular weight excluding hydrogens is 253 g/mol. The molecule has 0 fully saturated rings. The van der Waals surface area contributed by atoms with Crippen LogP contribution in [-0.2, 0) is 12.7 Å². The van der Waals surface area contributed by atoms with Gasteiger partial charge in [-0.05, 0) is 17.7 Å². The Labute approximate surface area is 109 Å². The van der Waals surface area contributed by atoms with E-state index in [1.807, 2.05) is 18.4 Å². The summed E-state index contributed by atoms with van der Waals surface area (Å²) in [5.41, 5.74) is 0.00550. The molecule has 1 aromatic heterocycles. The lowest BCUT2D eigenvalue weighted by molar-refractivity contribution is -0.137. The molecule has 0 spiro atoms. The topological polar surface area (TPSA) is 17.8 Å². The summed E-state index contributed by atoms with van der Waals surface area (Å²) in [5.74, 6) is 1.11. The number of hydrogen-bond acceptors (Lipinski definition) is 1. The summed E-state index contributed by atoms with van der Waals surface area (Å²) in [6, 6.07) is 5.40. The highest BCUT2D eigenvalue weighted by Gasteiger charge is 2.30. The Balaban J connectivity index is 2.26. The highest BCUT2D eigenvalue weighted by Crippen LogP contribution is 2.29. The third-order valence-electron chi connectivity index (χ3n) is 2.87. The highest BCUT2D eigenvalue weighted by molar-refractivity contribution is 5.26. The molecule has 5 heteroatoms. The number of hydrogen-bond donors (Lipinski definition) is 0. The van der Waals surface area contributed by atoms with Gasteiger partial charge in [0.25, 0.3) is 0 Å². The van der Waals surface area contributed by atoms with E-state index < -0.39 is 11.7 Å². The summed E-state index contributed by atoms with van der Waals surface area (Å²) in [4.78, 5) is 4.22. The van der Waals surface area contributed by atoms with Crippen LogP contribution in [0.15, 0.2) is 36.7 Å². The number of benzene rings is 1. The van der Waals surface area contributed by atoms with Crippen molar-refractivity contribution in [1.82, 2.24) is 9.55 Å². The van der Waals surface area contributed by atoms with Gasteiger partial charge < -0.3 is 4.57 Å². The van der Waals surface area contributed by atoms with Gasteiger partial charge in [0.15, 0.2) is 0 Å². The van der Waals surface area contributed by atoms with Crippen LogP contribution in [0.4, 0.5) is 13.2 Å². The van der Waals surface area contributed by atoms with E-state index in [0.29, 0.717) is 12.1 Å². The van der Waals surface area contributed by atoms with Crippen molar-refractivity contribution >= 4 is 0 Å². The van der Waals surface area contributed by atoms with Gasteiger partial charge in [0.1, 0.15) is 5.82 Å². The third-order valence-corrected chi connectivity index (χ3v) is 2.87. The largest absolute Gasteiger partial charge is 0.416 e. The first kappa shape index (κ1) is 13.6. The van der Waals surface area contributed by atoms with Crippen LogP contribution in [0.3, 0.4) is 0 Å². The molecule has 2 aromatic rings. The Morgan fingerprint density at radius 3 is 2.63 bits per heavy atom. The normalized spacial score (nSPS) is 12.1. The van der Waals surface area contributed by atoms with Gasteiger partial charge >= 0.3 is 6.18 Å². The summed E-state index contributed by atoms with van der Waals surface area (Å²) in [6.07, 6.45) is -0.843. The van der Waals surface area contributed by atoms with Crippen molar-refractivity contribution in [2.45, 2.75) is 32.5 Å². The zero-order valence-corrected chi connectivity index (χ0v) is 10.8. The third kappa shape index (κ3) is 3.16. The fourth-order valence-electron chi connectivity index (χ4n) is 2.00. The molecule has 19 heavy (non-hydrogen) atoms. The van der Waals surface area contributed by atoms with Crippen molar-refractivity contribution in [1.29, 1.82) is 0 Å². The molecule has 0 aliphatic rings. The highest BCUT2D eigenvalue weighted by atomic mass is 19.4. The van der Waals surface area contributed by atoms with E-state index in [-0.39, 0.29) is 5.92 Å². The molecule has 2 nitrogen and oxygen atoms in total. The SMILES string of the molecule is CC(C)c1nccn1Cc1cccc(C(F)(F)F)c1.